The highest BCUT2D eigenvalue weighted by molar-refractivity contribution is 5.95. The fourth-order valence-electron chi connectivity index (χ4n) is 3.62. The van der Waals surface area contributed by atoms with Crippen LogP contribution in [0.25, 0.3) is 22.0 Å². The number of hydrogen-bond donors (Lipinski definition) is 2. The Labute approximate surface area is 179 Å². The van der Waals surface area contributed by atoms with Gasteiger partial charge in [0.2, 0.25) is 5.91 Å². The van der Waals surface area contributed by atoms with Crippen molar-refractivity contribution < 1.29 is 27.5 Å². The van der Waals surface area contributed by atoms with Crippen molar-refractivity contribution in [2.24, 2.45) is 0 Å². The molecule has 1 aliphatic heterocycles. The molecule has 2 N–H and O–H groups in total. The van der Waals surface area contributed by atoms with Gasteiger partial charge in [0.15, 0.2) is 0 Å². The lowest BCUT2D eigenvalue weighted by atomic mass is 10.0. The molecular weight excluding hydrogens is 427 g/mol. The number of rotatable bonds is 4. The average Bonchev–Trinajstić information content (AvgIpc) is 3.12. The van der Waals surface area contributed by atoms with Crippen LogP contribution < -0.4 is 15.8 Å². The van der Waals surface area contributed by atoms with E-state index in [4.69, 9.17) is 4.74 Å². The maximum atomic E-state index is 13.4. The number of amides is 2. The molecule has 0 saturated carbocycles. The minimum atomic E-state index is -4.57. The molecule has 0 aliphatic carbocycles. The van der Waals surface area contributed by atoms with Gasteiger partial charge in [-0.3, -0.25) is 14.5 Å². The van der Waals surface area contributed by atoms with E-state index in [0.29, 0.717) is 11.1 Å². The van der Waals surface area contributed by atoms with E-state index >= 15 is 0 Å². The largest absolute Gasteiger partial charge is 0.442 e. The minimum absolute atomic E-state index is 0.0409. The van der Waals surface area contributed by atoms with E-state index in [1.165, 1.54) is 42.2 Å². The molecule has 2 amide bonds. The number of pyridine rings is 1. The van der Waals surface area contributed by atoms with Crippen LogP contribution in [0.1, 0.15) is 12.5 Å². The summed E-state index contributed by atoms with van der Waals surface area (Å²) in [5, 5.41) is 3.22. The standard InChI is InChI=1S/C22H18F3N3O4/c1-12(29)26-10-15-11-28(21(31)32-15)14-7-6-13-8-19(27-20(30)17(13)9-14)16-4-2-3-5-18(16)22(23,24)25/h2-9,15H,10-11H2,1H3,(H,26,29)(H,27,30). The topological polar surface area (TPSA) is 91.5 Å². The monoisotopic (exact) mass is 445 g/mol. The Morgan fingerprint density at radius 1 is 1.19 bits per heavy atom. The number of nitrogens with zero attached hydrogens (tertiary/aromatic N) is 1. The average molecular weight is 445 g/mol. The van der Waals surface area contributed by atoms with Crippen molar-refractivity contribution in [2.75, 3.05) is 18.0 Å². The Hall–Kier alpha value is -3.82. The molecule has 0 bridgehead atoms. The lowest BCUT2D eigenvalue weighted by molar-refractivity contribution is -0.137. The number of H-pyrrole nitrogens is 1. The first-order chi connectivity index (χ1) is 15.1. The predicted molar refractivity (Wildman–Crippen MR) is 111 cm³/mol. The fraction of sp³-hybridized carbons (Fsp3) is 0.227. The maximum absolute atomic E-state index is 13.4. The van der Waals surface area contributed by atoms with E-state index in [-0.39, 0.29) is 35.6 Å². The summed E-state index contributed by atoms with van der Waals surface area (Å²) in [5.74, 6) is -0.250. The molecule has 2 heterocycles. The Balaban J connectivity index is 1.68. The van der Waals surface area contributed by atoms with E-state index < -0.39 is 29.5 Å². The number of anilines is 1. The first-order valence-electron chi connectivity index (χ1n) is 9.70. The first-order valence-corrected chi connectivity index (χ1v) is 9.70. The Bertz CT molecular complexity index is 1270. The van der Waals surface area contributed by atoms with Gasteiger partial charge in [-0.15, -0.1) is 0 Å². The molecule has 2 aromatic carbocycles. The second kappa shape index (κ2) is 8.03. The van der Waals surface area contributed by atoms with Crippen molar-refractivity contribution in [2.45, 2.75) is 19.2 Å². The van der Waals surface area contributed by atoms with Gasteiger partial charge in [0.05, 0.1) is 18.7 Å². The summed E-state index contributed by atoms with van der Waals surface area (Å²) in [6.45, 7) is 1.69. The highest BCUT2D eigenvalue weighted by Crippen LogP contribution is 2.36. The van der Waals surface area contributed by atoms with Gasteiger partial charge in [-0.05, 0) is 29.7 Å². The number of halogens is 3. The van der Waals surface area contributed by atoms with Gasteiger partial charge in [0.1, 0.15) is 6.10 Å². The maximum Gasteiger partial charge on any atom is 0.417 e. The number of ether oxygens (including phenoxy) is 1. The van der Waals surface area contributed by atoms with E-state index in [1.807, 2.05) is 0 Å². The van der Waals surface area contributed by atoms with Crippen molar-refractivity contribution >= 4 is 28.5 Å². The van der Waals surface area contributed by atoms with E-state index in [2.05, 4.69) is 10.3 Å². The van der Waals surface area contributed by atoms with E-state index in [9.17, 15) is 27.6 Å². The van der Waals surface area contributed by atoms with Crippen LogP contribution in [0.2, 0.25) is 0 Å². The van der Waals surface area contributed by atoms with Gasteiger partial charge in [0.25, 0.3) is 5.56 Å². The zero-order valence-electron chi connectivity index (χ0n) is 16.8. The molecule has 0 radical (unpaired) electrons. The van der Waals surface area contributed by atoms with Gasteiger partial charge >= 0.3 is 12.3 Å². The summed E-state index contributed by atoms with van der Waals surface area (Å²) < 4.78 is 45.4. The summed E-state index contributed by atoms with van der Waals surface area (Å²) in [7, 11) is 0. The summed E-state index contributed by atoms with van der Waals surface area (Å²) in [6, 6.07) is 11.1. The lowest BCUT2D eigenvalue weighted by Crippen LogP contribution is -2.33. The van der Waals surface area contributed by atoms with Gasteiger partial charge in [0, 0.05) is 29.3 Å². The van der Waals surface area contributed by atoms with Gasteiger partial charge in [-0.25, -0.2) is 4.79 Å². The molecule has 0 spiro atoms. The first kappa shape index (κ1) is 21.4. The number of cyclic esters (lactones) is 1. The molecule has 1 saturated heterocycles. The summed E-state index contributed by atoms with van der Waals surface area (Å²) >= 11 is 0. The number of carbonyl (C=O) groups excluding carboxylic acids is 2. The van der Waals surface area contributed by atoms with Gasteiger partial charge < -0.3 is 15.0 Å². The van der Waals surface area contributed by atoms with Crippen LogP contribution in [-0.2, 0) is 15.7 Å². The molecule has 3 aromatic rings. The number of nitrogens with one attached hydrogen (secondary N) is 2. The number of aromatic amines is 1. The second-order valence-electron chi connectivity index (χ2n) is 7.38. The third-order valence-electron chi connectivity index (χ3n) is 5.12. The van der Waals surface area contributed by atoms with E-state index in [0.717, 1.165) is 6.07 Å². The highest BCUT2D eigenvalue weighted by atomic mass is 19.4. The van der Waals surface area contributed by atoms with E-state index in [1.54, 1.807) is 12.1 Å². The molecule has 10 heteroatoms. The highest BCUT2D eigenvalue weighted by Gasteiger charge is 2.34. The van der Waals surface area contributed by atoms with Crippen LogP contribution in [0, 0.1) is 0 Å². The predicted octanol–water partition coefficient (Wildman–Crippen LogP) is 3.68. The quantitative estimate of drug-likeness (QED) is 0.641. The molecular formula is C22H18F3N3O4. The second-order valence-corrected chi connectivity index (χ2v) is 7.38. The molecule has 7 nitrogen and oxygen atoms in total. The van der Waals surface area contributed by atoms with Crippen molar-refractivity contribution in [3.05, 3.63) is 64.4 Å². The lowest BCUT2D eigenvalue weighted by Gasteiger charge is -2.15. The molecule has 1 fully saturated rings. The number of hydrogen-bond acceptors (Lipinski definition) is 4. The Morgan fingerprint density at radius 3 is 2.66 bits per heavy atom. The van der Waals surface area contributed by atoms with Crippen LogP contribution in [-0.4, -0.2) is 36.2 Å². The molecule has 4 rings (SSSR count). The van der Waals surface area contributed by atoms with Crippen molar-refractivity contribution in [3.8, 4) is 11.3 Å². The molecule has 166 valence electrons. The number of fused-ring (bicyclic) bond motifs is 1. The summed E-state index contributed by atoms with van der Waals surface area (Å²) in [6.07, 6.45) is -5.73. The SMILES string of the molecule is CC(=O)NCC1CN(c2ccc3cc(-c4ccccc4C(F)(F)F)[nH]c(=O)c3c2)C(=O)O1. The number of carbonyl (C=O) groups is 2. The van der Waals surface area contributed by atoms with Crippen LogP contribution in [0.5, 0.6) is 0 Å². The molecule has 1 aromatic heterocycles. The van der Waals surface area contributed by atoms with Crippen LogP contribution in [0.4, 0.5) is 23.7 Å². The smallest absolute Gasteiger partial charge is 0.417 e. The summed E-state index contributed by atoms with van der Waals surface area (Å²) in [5.41, 5.74) is -1.12. The molecule has 1 unspecified atom stereocenters. The third-order valence-corrected chi connectivity index (χ3v) is 5.12. The molecule has 32 heavy (non-hydrogen) atoms. The zero-order valence-corrected chi connectivity index (χ0v) is 16.8. The van der Waals surface area contributed by atoms with Crippen LogP contribution >= 0.6 is 0 Å². The Kier molecular flexibility index (Phi) is 5.37. The third kappa shape index (κ3) is 4.16. The number of alkyl halides is 3. The minimum Gasteiger partial charge on any atom is -0.442 e. The summed E-state index contributed by atoms with van der Waals surface area (Å²) in [4.78, 5) is 39.8. The normalized spacial score (nSPS) is 16.3. The van der Waals surface area contributed by atoms with Crippen molar-refractivity contribution in [1.29, 1.82) is 0 Å². The molecule has 1 atom stereocenters. The fourth-order valence-corrected chi connectivity index (χ4v) is 3.62. The van der Waals surface area contributed by atoms with Gasteiger partial charge in [-0.2, -0.15) is 13.2 Å². The van der Waals surface area contributed by atoms with Crippen LogP contribution in [0.15, 0.2) is 53.3 Å². The zero-order chi connectivity index (χ0) is 23.0. The van der Waals surface area contributed by atoms with Crippen molar-refractivity contribution in [1.82, 2.24) is 10.3 Å². The van der Waals surface area contributed by atoms with Crippen LogP contribution in [0.3, 0.4) is 0 Å². The van der Waals surface area contributed by atoms with Gasteiger partial charge in [-0.1, -0.05) is 24.3 Å². The number of benzene rings is 2. The molecule has 1 aliphatic rings. The Morgan fingerprint density at radius 2 is 1.94 bits per heavy atom. The number of aromatic nitrogens is 1. The van der Waals surface area contributed by atoms with Crippen molar-refractivity contribution in [3.63, 3.8) is 0 Å².